The number of ether oxygens (including phenoxy) is 1. The van der Waals surface area contributed by atoms with Crippen LogP contribution in [0.5, 0.6) is 0 Å². The number of hydrogen-bond donors (Lipinski definition) is 1. The van der Waals surface area contributed by atoms with E-state index in [9.17, 15) is 8.42 Å². The number of nitrogens with one attached hydrogen (secondary N) is 1. The Morgan fingerprint density at radius 3 is 2.47 bits per heavy atom. The molecule has 0 saturated carbocycles. The van der Waals surface area contributed by atoms with Crippen LogP contribution < -0.4 is 33.8 Å². The molecule has 8 heteroatoms. The number of aliphatic imine (C=N–C) groups is 1. The van der Waals surface area contributed by atoms with Crippen molar-refractivity contribution in [1.29, 1.82) is 0 Å². The molecule has 1 aliphatic heterocycles. The predicted molar refractivity (Wildman–Crippen MR) is 61.1 cm³/mol. The Morgan fingerprint density at radius 2 is 2.00 bits per heavy atom. The van der Waals surface area contributed by atoms with Crippen LogP contribution in [0.15, 0.2) is 34.2 Å². The average Bonchev–Trinajstić information content (AvgIpc) is 2.83. The zero-order chi connectivity index (χ0) is 11.6. The Labute approximate surface area is 128 Å². The molecule has 1 heterocycles. The number of halogens is 1. The van der Waals surface area contributed by atoms with Gasteiger partial charge in [-0.3, -0.25) is 0 Å². The predicted octanol–water partition coefficient (Wildman–Crippen LogP) is -1.99. The van der Waals surface area contributed by atoms with Crippen LogP contribution in [0.2, 0.25) is 0 Å². The van der Waals surface area contributed by atoms with Crippen LogP contribution in [0.3, 0.4) is 0 Å². The second kappa shape index (κ2) is 6.17. The minimum absolute atomic E-state index is 0. The number of rotatable bonds is 3. The van der Waals surface area contributed by atoms with E-state index in [2.05, 4.69) is 4.99 Å². The van der Waals surface area contributed by atoms with Crippen LogP contribution in [0, 0.1) is 0 Å². The van der Waals surface area contributed by atoms with Gasteiger partial charge in [0.1, 0.15) is 6.61 Å². The Bertz CT molecular complexity index is 521. The molecule has 0 radical (unpaired) electrons. The topological polar surface area (TPSA) is 67.8 Å². The van der Waals surface area contributed by atoms with Crippen LogP contribution in [0.25, 0.3) is 0 Å². The maximum absolute atomic E-state index is 11.3. The third-order valence-electron chi connectivity index (χ3n) is 2.10. The second-order valence-electron chi connectivity index (χ2n) is 3.14. The number of sulfonamides is 1. The Kier molecular flexibility index (Phi) is 5.43. The van der Waals surface area contributed by atoms with E-state index in [1.807, 2.05) is 0 Å². The van der Waals surface area contributed by atoms with E-state index in [-0.39, 0.29) is 35.9 Å². The summed E-state index contributed by atoms with van der Waals surface area (Å²) in [5.74, 6) is 0.544. The van der Waals surface area contributed by atoms with Gasteiger partial charge in [-0.2, -0.15) is 0 Å². The fourth-order valence-corrected chi connectivity index (χ4v) is 2.18. The van der Waals surface area contributed by atoms with Gasteiger partial charge in [-0.25, -0.2) is 13.4 Å². The van der Waals surface area contributed by atoms with E-state index in [1.54, 1.807) is 16.4 Å². The standard InChI is InChI=1S/C9H9ClN2O3S.Na.H/c10-12-16(13,14)8-3-1-7(2-4-8)9-11-5-6-15-9;;/h1-4,12H,5-6H2;;/q;+1;-1. The van der Waals surface area contributed by atoms with E-state index in [0.717, 1.165) is 5.56 Å². The first-order valence-corrected chi connectivity index (χ1v) is 6.40. The van der Waals surface area contributed by atoms with Crippen molar-refractivity contribution in [3.8, 4) is 0 Å². The maximum atomic E-state index is 11.3. The third-order valence-corrected chi connectivity index (χ3v) is 3.80. The fourth-order valence-electron chi connectivity index (χ4n) is 1.33. The molecule has 5 nitrogen and oxygen atoms in total. The van der Waals surface area contributed by atoms with E-state index in [4.69, 9.17) is 16.5 Å². The van der Waals surface area contributed by atoms with Crippen molar-refractivity contribution in [2.45, 2.75) is 4.90 Å². The van der Waals surface area contributed by atoms with Crippen molar-refractivity contribution < 1.29 is 44.1 Å². The number of hydrogen-bond acceptors (Lipinski definition) is 4. The van der Waals surface area contributed by atoms with Crippen LogP contribution >= 0.6 is 11.8 Å². The SMILES string of the molecule is O=S(=O)(NCl)c1ccc(C2=NCCO2)cc1.[H-].[Na+]. The molecule has 1 N–H and O–H groups in total. The van der Waals surface area contributed by atoms with E-state index in [0.29, 0.717) is 19.0 Å². The first kappa shape index (κ1) is 14.9. The summed E-state index contributed by atoms with van der Waals surface area (Å²) in [5.41, 5.74) is 0.756. The van der Waals surface area contributed by atoms with Gasteiger partial charge in [0, 0.05) is 5.56 Å². The van der Waals surface area contributed by atoms with Gasteiger partial charge in [0.15, 0.2) is 0 Å². The molecule has 0 unspecified atom stereocenters. The molecule has 88 valence electrons. The van der Waals surface area contributed by atoms with Crippen molar-refractivity contribution in [2.75, 3.05) is 13.2 Å². The summed E-state index contributed by atoms with van der Waals surface area (Å²) in [4.78, 5) is 4.22. The fraction of sp³-hybridized carbons (Fsp3) is 0.222. The summed E-state index contributed by atoms with van der Waals surface area (Å²) in [6, 6.07) is 6.16. The molecule has 0 aliphatic carbocycles. The molecule has 2 rings (SSSR count). The van der Waals surface area contributed by atoms with E-state index >= 15 is 0 Å². The third kappa shape index (κ3) is 3.43. The van der Waals surface area contributed by atoms with Crippen molar-refractivity contribution in [1.82, 2.24) is 4.24 Å². The maximum Gasteiger partial charge on any atom is 1.00 e. The summed E-state index contributed by atoms with van der Waals surface area (Å²) in [7, 11) is -3.60. The van der Waals surface area contributed by atoms with Crippen molar-refractivity contribution in [3.05, 3.63) is 29.8 Å². The molecule has 0 spiro atoms. The first-order chi connectivity index (χ1) is 7.63. The van der Waals surface area contributed by atoms with Crippen molar-refractivity contribution >= 4 is 27.7 Å². The minimum Gasteiger partial charge on any atom is -1.00 e. The van der Waals surface area contributed by atoms with Crippen molar-refractivity contribution in [2.24, 2.45) is 4.99 Å². The molecule has 0 bridgehead atoms. The quantitative estimate of drug-likeness (QED) is 0.516. The Hall–Kier alpha value is -0.110. The number of benzene rings is 1. The summed E-state index contributed by atoms with van der Waals surface area (Å²) >= 11 is 5.11. The monoisotopic (exact) mass is 284 g/mol. The zero-order valence-electron chi connectivity index (χ0n) is 10.2. The molecular formula is C9H10ClN2NaO3S. The van der Waals surface area contributed by atoms with Gasteiger partial charge in [0.05, 0.1) is 11.4 Å². The van der Waals surface area contributed by atoms with Gasteiger partial charge in [-0.1, -0.05) is 0 Å². The van der Waals surface area contributed by atoms with Crippen molar-refractivity contribution in [3.63, 3.8) is 0 Å². The molecule has 0 aromatic heterocycles. The van der Waals surface area contributed by atoms with E-state index in [1.165, 1.54) is 12.1 Å². The Morgan fingerprint density at radius 1 is 1.35 bits per heavy atom. The molecular weight excluding hydrogens is 275 g/mol. The second-order valence-corrected chi connectivity index (χ2v) is 5.24. The van der Waals surface area contributed by atoms with Gasteiger partial charge >= 0.3 is 29.6 Å². The molecule has 0 fully saturated rings. The van der Waals surface area contributed by atoms with Gasteiger partial charge in [-0.05, 0) is 36.0 Å². The van der Waals surface area contributed by atoms with Crippen LogP contribution in [0.4, 0.5) is 0 Å². The molecule has 0 atom stereocenters. The van der Waals surface area contributed by atoms with Crippen LogP contribution in [-0.4, -0.2) is 27.5 Å². The number of nitrogens with zero attached hydrogens (tertiary/aromatic N) is 1. The van der Waals surface area contributed by atoms with Gasteiger partial charge in [-0.15, -0.1) is 4.24 Å². The molecule has 1 aromatic carbocycles. The molecule has 1 aliphatic rings. The van der Waals surface area contributed by atoms with Gasteiger partial charge < -0.3 is 6.16 Å². The largest absolute Gasteiger partial charge is 1.00 e. The summed E-state index contributed by atoms with van der Waals surface area (Å²) < 4.78 is 29.6. The minimum atomic E-state index is -3.60. The van der Waals surface area contributed by atoms with Crippen LogP contribution in [-0.2, 0) is 14.8 Å². The first-order valence-electron chi connectivity index (χ1n) is 4.53. The van der Waals surface area contributed by atoms with Gasteiger partial charge in [0.2, 0.25) is 5.90 Å². The molecule has 17 heavy (non-hydrogen) atoms. The normalized spacial score (nSPS) is 14.8. The summed E-state index contributed by atoms with van der Waals surface area (Å²) in [6.45, 7) is 1.21. The van der Waals surface area contributed by atoms with Gasteiger partial charge in [0.25, 0.3) is 10.0 Å². The summed E-state index contributed by atoms with van der Waals surface area (Å²) in [5, 5.41) is 0. The molecule has 0 amide bonds. The summed E-state index contributed by atoms with van der Waals surface area (Å²) in [6.07, 6.45) is 0. The Balaban J connectivity index is 0.00000144. The molecule has 0 saturated heterocycles. The average molecular weight is 285 g/mol. The van der Waals surface area contributed by atoms with Crippen LogP contribution in [0.1, 0.15) is 6.99 Å². The zero-order valence-corrected chi connectivity index (χ0v) is 12.8. The smallest absolute Gasteiger partial charge is 1.00 e. The molecule has 1 aromatic rings. The van der Waals surface area contributed by atoms with E-state index < -0.39 is 10.0 Å².